The number of β-amino-alcohol motifs (C(OH)–C–C–N with tert-alkyl or cyclic N) is 1. The van der Waals surface area contributed by atoms with Gasteiger partial charge in [0.2, 0.25) is 0 Å². The zero-order valence-corrected chi connectivity index (χ0v) is 10.0. The number of benzene rings is 1. The van der Waals surface area contributed by atoms with Gasteiger partial charge in [0.1, 0.15) is 0 Å². The summed E-state index contributed by atoms with van der Waals surface area (Å²) in [5, 5.41) is 20.4. The van der Waals surface area contributed by atoms with Gasteiger partial charge in [-0.05, 0) is 19.4 Å². The maximum Gasteiger partial charge on any atom is 0.272 e. The highest BCUT2D eigenvalue weighted by Gasteiger charge is 2.36. The molecule has 1 heterocycles. The third kappa shape index (κ3) is 2.45. The first-order chi connectivity index (χ1) is 7.89. The highest BCUT2D eigenvalue weighted by molar-refractivity contribution is 5.44. The average Bonchev–Trinajstić information content (AvgIpc) is 2.17. The van der Waals surface area contributed by atoms with Gasteiger partial charge in [0.05, 0.1) is 10.5 Å². The molecule has 92 valence electrons. The smallest absolute Gasteiger partial charge is 0.272 e. The SMILES string of the molecule is Cc1c(CN2CC(C)(O)C2)cccc1[N+](=O)[O-]. The van der Waals surface area contributed by atoms with Crippen molar-refractivity contribution in [2.45, 2.75) is 26.0 Å². The molecule has 0 atom stereocenters. The van der Waals surface area contributed by atoms with Gasteiger partial charge in [0.15, 0.2) is 0 Å². The molecule has 17 heavy (non-hydrogen) atoms. The second-order valence-electron chi connectivity index (χ2n) is 4.96. The molecule has 0 unspecified atom stereocenters. The van der Waals surface area contributed by atoms with Gasteiger partial charge in [0, 0.05) is 31.3 Å². The zero-order chi connectivity index (χ0) is 12.6. The van der Waals surface area contributed by atoms with E-state index < -0.39 is 5.60 Å². The summed E-state index contributed by atoms with van der Waals surface area (Å²) >= 11 is 0. The fourth-order valence-electron chi connectivity index (χ4n) is 2.31. The molecule has 1 aromatic rings. The summed E-state index contributed by atoms with van der Waals surface area (Å²) in [5.74, 6) is 0. The Bertz CT molecular complexity index is 449. The molecule has 0 bridgehead atoms. The van der Waals surface area contributed by atoms with Gasteiger partial charge < -0.3 is 5.11 Å². The van der Waals surface area contributed by atoms with Crippen LogP contribution in [0.25, 0.3) is 0 Å². The van der Waals surface area contributed by atoms with Crippen LogP contribution in [0, 0.1) is 17.0 Å². The van der Waals surface area contributed by atoms with E-state index in [0.717, 1.165) is 5.56 Å². The lowest BCUT2D eigenvalue weighted by Gasteiger charge is -2.44. The quantitative estimate of drug-likeness (QED) is 0.637. The molecular weight excluding hydrogens is 220 g/mol. The van der Waals surface area contributed by atoms with Crippen molar-refractivity contribution >= 4 is 5.69 Å². The minimum Gasteiger partial charge on any atom is -0.388 e. The molecule has 0 amide bonds. The first-order valence-corrected chi connectivity index (χ1v) is 5.57. The molecule has 1 aromatic carbocycles. The molecule has 0 saturated carbocycles. The third-order valence-electron chi connectivity index (χ3n) is 3.14. The summed E-state index contributed by atoms with van der Waals surface area (Å²) in [4.78, 5) is 12.5. The Morgan fingerprint density at radius 3 is 2.71 bits per heavy atom. The summed E-state index contributed by atoms with van der Waals surface area (Å²) in [6.07, 6.45) is 0. The lowest BCUT2D eigenvalue weighted by Crippen LogP contribution is -2.59. The average molecular weight is 236 g/mol. The first-order valence-electron chi connectivity index (χ1n) is 5.57. The highest BCUT2D eigenvalue weighted by Crippen LogP contribution is 2.26. The molecule has 1 N–H and O–H groups in total. The van der Waals surface area contributed by atoms with Gasteiger partial charge >= 0.3 is 0 Å². The second-order valence-corrected chi connectivity index (χ2v) is 4.96. The fraction of sp³-hybridized carbons (Fsp3) is 0.500. The van der Waals surface area contributed by atoms with Crippen LogP contribution in [0.2, 0.25) is 0 Å². The fourth-order valence-corrected chi connectivity index (χ4v) is 2.31. The predicted molar refractivity (Wildman–Crippen MR) is 63.7 cm³/mol. The van der Waals surface area contributed by atoms with E-state index in [1.54, 1.807) is 19.9 Å². The Morgan fingerprint density at radius 1 is 1.53 bits per heavy atom. The van der Waals surface area contributed by atoms with Gasteiger partial charge in [-0.1, -0.05) is 12.1 Å². The molecular formula is C12H16N2O3. The van der Waals surface area contributed by atoms with E-state index >= 15 is 0 Å². The van der Waals surface area contributed by atoms with Gasteiger partial charge in [0.25, 0.3) is 5.69 Å². The normalized spacial score (nSPS) is 18.8. The van der Waals surface area contributed by atoms with E-state index in [-0.39, 0.29) is 10.6 Å². The molecule has 1 fully saturated rings. The number of rotatable bonds is 3. The maximum atomic E-state index is 10.8. The van der Waals surface area contributed by atoms with Crippen molar-refractivity contribution < 1.29 is 10.0 Å². The maximum absolute atomic E-state index is 10.8. The van der Waals surface area contributed by atoms with Crippen LogP contribution in [0.1, 0.15) is 18.1 Å². The van der Waals surface area contributed by atoms with Crippen LogP contribution in [-0.4, -0.2) is 33.6 Å². The van der Waals surface area contributed by atoms with E-state index in [9.17, 15) is 15.2 Å². The van der Waals surface area contributed by atoms with Crippen LogP contribution < -0.4 is 0 Å². The largest absolute Gasteiger partial charge is 0.388 e. The van der Waals surface area contributed by atoms with Crippen LogP contribution in [0.5, 0.6) is 0 Å². The zero-order valence-electron chi connectivity index (χ0n) is 10.0. The molecule has 5 nitrogen and oxygen atoms in total. The molecule has 0 radical (unpaired) electrons. The number of nitro groups is 1. The Kier molecular flexibility index (Phi) is 2.89. The molecule has 0 spiro atoms. The molecule has 0 aromatic heterocycles. The minimum absolute atomic E-state index is 0.162. The van der Waals surface area contributed by atoms with Crippen molar-refractivity contribution in [2.24, 2.45) is 0 Å². The summed E-state index contributed by atoms with van der Waals surface area (Å²) in [7, 11) is 0. The van der Waals surface area contributed by atoms with Gasteiger partial charge in [-0.3, -0.25) is 15.0 Å². The highest BCUT2D eigenvalue weighted by atomic mass is 16.6. The lowest BCUT2D eigenvalue weighted by atomic mass is 9.95. The molecule has 5 heteroatoms. The van der Waals surface area contributed by atoms with Gasteiger partial charge in [-0.25, -0.2) is 0 Å². The van der Waals surface area contributed by atoms with Crippen LogP contribution >= 0.6 is 0 Å². The van der Waals surface area contributed by atoms with Crippen molar-refractivity contribution in [1.82, 2.24) is 4.90 Å². The molecule has 2 rings (SSSR count). The van der Waals surface area contributed by atoms with Crippen LogP contribution in [0.3, 0.4) is 0 Å². The third-order valence-corrected chi connectivity index (χ3v) is 3.14. The number of nitro benzene ring substituents is 1. The molecule has 0 aliphatic carbocycles. The number of hydrogen-bond donors (Lipinski definition) is 1. The Hall–Kier alpha value is -1.46. The van der Waals surface area contributed by atoms with Crippen molar-refractivity contribution in [3.8, 4) is 0 Å². The number of likely N-dealkylation sites (tertiary alicyclic amines) is 1. The number of aliphatic hydroxyl groups is 1. The van der Waals surface area contributed by atoms with E-state index in [1.165, 1.54) is 6.07 Å². The van der Waals surface area contributed by atoms with Crippen molar-refractivity contribution in [2.75, 3.05) is 13.1 Å². The topological polar surface area (TPSA) is 66.6 Å². The lowest BCUT2D eigenvalue weighted by molar-refractivity contribution is -0.385. The van der Waals surface area contributed by atoms with Crippen molar-refractivity contribution in [3.63, 3.8) is 0 Å². The number of nitrogens with zero attached hydrogens (tertiary/aromatic N) is 2. The van der Waals surface area contributed by atoms with E-state index in [4.69, 9.17) is 0 Å². The Balaban J connectivity index is 2.12. The van der Waals surface area contributed by atoms with Gasteiger partial charge in [-0.15, -0.1) is 0 Å². The van der Waals surface area contributed by atoms with Gasteiger partial charge in [-0.2, -0.15) is 0 Å². The predicted octanol–water partition coefficient (Wildman–Crippen LogP) is 1.47. The Labute approximate surface area is 99.8 Å². The molecule has 1 aliphatic heterocycles. The first kappa shape index (κ1) is 12.0. The summed E-state index contributed by atoms with van der Waals surface area (Å²) < 4.78 is 0. The van der Waals surface area contributed by atoms with E-state index in [1.807, 2.05) is 6.07 Å². The second kappa shape index (κ2) is 4.09. The molecule has 1 saturated heterocycles. The minimum atomic E-state index is -0.603. The number of hydrogen-bond acceptors (Lipinski definition) is 4. The monoisotopic (exact) mass is 236 g/mol. The van der Waals surface area contributed by atoms with Crippen LogP contribution in [0.4, 0.5) is 5.69 Å². The van der Waals surface area contributed by atoms with Crippen LogP contribution in [-0.2, 0) is 6.54 Å². The van der Waals surface area contributed by atoms with E-state index in [2.05, 4.69) is 4.90 Å². The standard InChI is InChI=1S/C12H16N2O3/c1-9-10(4-3-5-11(9)14(16)17)6-13-7-12(2,15)8-13/h3-5,15H,6-8H2,1-2H3. The molecule has 1 aliphatic rings. The van der Waals surface area contributed by atoms with Crippen molar-refractivity contribution in [1.29, 1.82) is 0 Å². The van der Waals surface area contributed by atoms with E-state index in [0.29, 0.717) is 25.2 Å². The Morgan fingerprint density at radius 2 is 2.18 bits per heavy atom. The van der Waals surface area contributed by atoms with Crippen molar-refractivity contribution in [3.05, 3.63) is 39.4 Å². The summed E-state index contributed by atoms with van der Waals surface area (Å²) in [5.41, 5.74) is 1.22. The summed E-state index contributed by atoms with van der Waals surface area (Å²) in [6, 6.07) is 5.12. The summed E-state index contributed by atoms with van der Waals surface area (Å²) in [6.45, 7) is 5.46. The van der Waals surface area contributed by atoms with Crippen LogP contribution in [0.15, 0.2) is 18.2 Å².